The predicted octanol–water partition coefficient (Wildman–Crippen LogP) is 4.24. The first-order valence-corrected chi connectivity index (χ1v) is 9.84. The third-order valence-electron chi connectivity index (χ3n) is 2.38. The Morgan fingerprint density at radius 1 is 1.17 bits per heavy atom. The van der Waals surface area contributed by atoms with E-state index in [1.165, 1.54) is 12.5 Å². The highest BCUT2D eigenvalue weighted by Gasteiger charge is 2.01. The molecule has 0 aliphatic rings. The summed E-state index contributed by atoms with van der Waals surface area (Å²) >= 11 is 11.1. The van der Waals surface area contributed by atoms with E-state index in [-0.39, 0.29) is 6.61 Å². The van der Waals surface area contributed by atoms with E-state index >= 15 is 0 Å². The summed E-state index contributed by atoms with van der Waals surface area (Å²) in [6, 6.07) is 3.92. The Labute approximate surface area is 176 Å². The number of aliphatic imine (C=N–C) groups is 1. The topological polar surface area (TPSA) is 75.7 Å². The second-order valence-corrected chi connectivity index (χ2v) is 8.19. The average Bonchev–Trinajstić information content (AvgIpc) is 2.96. The molecular formula is C13H9Br2I2N5O. The van der Waals surface area contributed by atoms with Crippen molar-refractivity contribution in [2.75, 3.05) is 6.61 Å². The highest BCUT2D eigenvalue weighted by Crippen LogP contribution is 2.23. The minimum Gasteiger partial charge on any atom is -0.391 e. The Balaban J connectivity index is 0.000000167. The molecule has 0 saturated carbocycles. The van der Waals surface area contributed by atoms with Crippen LogP contribution in [-0.2, 0) is 0 Å². The molecule has 3 heterocycles. The largest absolute Gasteiger partial charge is 0.391 e. The van der Waals surface area contributed by atoms with Crippen LogP contribution in [0.3, 0.4) is 0 Å². The zero-order valence-electron chi connectivity index (χ0n) is 11.4. The normalized spacial score (nSPS) is 10.8. The van der Waals surface area contributed by atoms with Crippen molar-refractivity contribution < 1.29 is 5.11 Å². The van der Waals surface area contributed by atoms with Crippen LogP contribution in [0.25, 0.3) is 5.65 Å². The highest BCUT2D eigenvalue weighted by molar-refractivity contribution is 14.1. The number of hydrogen-bond donors (Lipinski definition) is 1. The molecule has 0 bridgehead atoms. The first-order valence-electron chi connectivity index (χ1n) is 6.10. The van der Waals surface area contributed by atoms with E-state index in [1.807, 2.05) is 18.3 Å². The van der Waals surface area contributed by atoms with Crippen LogP contribution in [0.15, 0.2) is 44.8 Å². The molecule has 3 rings (SSSR count). The Kier molecular flexibility index (Phi) is 7.78. The van der Waals surface area contributed by atoms with E-state index < -0.39 is 0 Å². The highest BCUT2D eigenvalue weighted by atomic mass is 127. The Bertz CT molecular complexity index is 840. The van der Waals surface area contributed by atoms with E-state index in [0.717, 1.165) is 21.7 Å². The van der Waals surface area contributed by atoms with Crippen molar-refractivity contribution in [2.45, 2.75) is 0 Å². The van der Waals surface area contributed by atoms with Crippen LogP contribution in [0.1, 0.15) is 0 Å². The monoisotopic (exact) mass is 663 g/mol. The molecule has 0 aliphatic heterocycles. The maximum Gasteiger partial charge on any atom is 0.169 e. The lowest BCUT2D eigenvalue weighted by molar-refractivity contribution is 0.361. The maximum atomic E-state index is 8.48. The molecule has 6 nitrogen and oxygen atoms in total. The molecule has 0 amide bonds. The van der Waals surface area contributed by atoms with Gasteiger partial charge in [-0.2, -0.15) is 5.10 Å². The Morgan fingerprint density at radius 2 is 1.91 bits per heavy atom. The van der Waals surface area contributed by atoms with Crippen LogP contribution in [-0.4, -0.2) is 37.5 Å². The molecule has 23 heavy (non-hydrogen) atoms. The predicted molar refractivity (Wildman–Crippen MR) is 113 cm³/mol. The lowest BCUT2D eigenvalue weighted by Gasteiger charge is -1.96. The van der Waals surface area contributed by atoms with Crippen molar-refractivity contribution in [3.8, 4) is 0 Å². The van der Waals surface area contributed by atoms with E-state index in [4.69, 9.17) is 5.11 Å². The van der Waals surface area contributed by atoms with E-state index in [1.54, 1.807) is 10.7 Å². The number of fused-ring (bicyclic) bond motifs is 1. The number of rotatable bonds is 2. The molecule has 0 atom stereocenters. The van der Waals surface area contributed by atoms with Crippen LogP contribution in [0.4, 0.5) is 5.82 Å². The van der Waals surface area contributed by atoms with Gasteiger partial charge in [0.2, 0.25) is 0 Å². The van der Waals surface area contributed by atoms with Gasteiger partial charge in [-0.25, -0.2) is 19.5 Å². The van der Waals surface area contributed by atoms with Gasteiger partial charge >= 0.3 is 0 Å². The smallest absolute Gasteiger partial charge is 0.169 e. The van der Waals surface area contributed by atoms with Gasteiger partial charge < -0.3 is 5.11 Å². The number of halogens is 4. The van der Waals surface area contributed by atoms with Crippen molar-refractivity contribution in [2.24, 2.45) is 4.99 Å². The van der Waals surface area contributed by atoms with Gasteiger partial charge in [0.25, 0.3) is 0 Å². The van der Waals surface area contributed by atoms with Crippen LogP contribution < -0.4 is 0 Å². The second kappa shape index (κ2) is 9.34. The van der Waals surface area contributed by atoms with Crippen molar-refractivity contribution >= 4 is 94.7 Å². The van der Waals surface area contributed by atoms with Gasteiger partial charge in [0.15, 0.2) is 11.5 Å². The number of hydrogen-bond acceptors (Lipinski definition) is 5. The minimum atomic E-state index is -0.0693. The van der Waals surface area contributed by atoms with Gasteiger partial charge in [0, 0.05) is 25.7 Å². The molecule has 0 aliphatic carbocycles. The summed E-state index contributed by atoms with van der Waals surface area (Å²) in [4.78, 5) is 12.0. The van der Waals surface area contributed by atoms with E-state index in [2.05, 4.69) is 97.1 Å². The number of pyridine rings is 2. The second-order valence-electron chi connectivity index (χ2n) is 3.99. The molecule has 0 fully saturated rings. The summed E-state index contributed by atoms with van der Waals surface area (Å²) in [5, 5.41) is 12.5. The lowest BCUT2D eigenvalue weighted by atomic mass is 10.5. The molecule has 0 unspecified atom stereocenters. The summed E-state index contributed by atoms with van der Waals surface area (Å²) in [7, 11) is 0. The third kappa shape index (κ3) is 5.69. The summed E-state index contributed by atoms with van der Waals surface area (Å²) in [5.74, 6) is 0.587. The summed E-state index contributed by atoms with van der Waals surface area (Å²) in [6.07, 6.45) is 6.58. The first kappa shape index (κ1) is 19.1. The molecule has 3 aromatic rings. The van der Waals surface area contributed by atoms with Crippen molar-refractivity contribution in [1.29, 1.82) is 0 Å². The lowest BCUT2D eigenvalue weighted by Crippen LogP contribution is -1.88. The fourth-order valence-corrected chi connectivity index (χ4v) is 4.35. The molecule has 0 radical (unpaired) electrons. The van der Waals surface area contributed by atoms with Crippen LogP contribution in [0.2, 0.25) is 0 Å². The standard InChI is InChI=1S/C7H6BrIN2O.C6H3BrIN3/c8-6-3-5(9)4-11-7(6)10-1-2-12;7-5-1-4(8)2-11-6(5)9-3-10-11/h1,3-4,12H,2H2;1-3H. The number of aromatic nitrogens is 4. The quantitative estimate of drug-likeness (QED) is 0.329. The van der Waals surface area contributed by atoms with Gasteiger partial charge in [0.05, 0.1) is 15.6 Å². The maximum absolute atomic E-state index is 8.48. The summed E-state index contributed by atoms with van der Waals surface area (Å²) < 4.78 is 5.72. The van der Waals surface area contributed by atoms with E-state index in [0.29, 0.717) is 5.82 Å². The van der Waals surface area contributed by atoms with Gasteiger partial charge in [-0.1, -0.05) is 0 Å². The Hall–Kier alpha value is -0.180. The Morgan fingerprint density at radius 3 is 2.61 bits per heavy atom. The minimum absolute atomic E-state index is 0.0693. The van der Waals surface area contributed by atoms with Crippen LogP contribution in [0, 0.1) is 7.14 Å². The summed E-state index contributed by atoms with van der Waals surface area (Å²) in [5.41, 5.74) is 0.852. The zero-order valence-corrected chi connectivity index (χ0v) is 18.9. The third-order valence-corrected chi connectivity index (χ3v) is 4.73. The van der Waals surface area contributed by atoms with Gasteiger partial charge in [-0.05, 0) is 89.2 Å². The van der Waals surface area contributed by atoms with Crippen molar-refractivity contribution in [3.05, 3.63) is 46.9 Å². The SMILES string of the molecule is Brc1cc(I)cn2ncnc12.OCC=Nc1ncc(I)cc1Br. The molecule has 0 spiro atoms. The number of aliphatic hydroxyl groups is 1. The van der Waals surface area contributed by atoms with Crippen molar-refractivity contribution in [3.63, 3.8) is 0 Å². The molecule has 3 aromatic heterocycles. The fourth-order valence-electron chi connectivity index (χ4n) is 1.48. The van der Waals surface area contributed by atoms with Gasteiger partial charge in [0.1, 0.15) is 6.33 Å². The fraction of sp³-hybridized carbons (Fsp3) is 0.0769. The van der Waals surface area contributed by atoms with Crippen LogP contribution in [0.5, 0.6) is 0 Å². The average molecular weight is 665 g/mol. The molecule has 120 valence electrons. The summed E-state index contributed by atoms with van der Waals surface area (Å²) in [6.45, 7) is -0.0693. The van der Waals surface area contributed by atoms with Crippen molar-refractivity contribution in [1.82, 2.24) is 19.6 Å². The molecule has 0 saturated heterocycles. The molecule has 0 aromatic carbocycles. The number of aliphatic hydroxyl groups excluding tert-OH is 1. The zero-order chi connectivity index (χ0) is 16.8. The molecular weight excluding hydrogens is 656 g/mol. The molecule has 10 heteroatoms. The van der Waals surface area contributed by atoms with Gasteiger partial charge in [-0.15, -0.1) is 0 Å². The molecule has 1 N–H and O–H groups in total. The first-order chi connectivity index (χ1) is 11.0. The number of nitrogens with zero attached hydrogens (tertiary/aromatic N) is 5. The van der Waals surface area contributed by atoms with E-state index in [9.17, 15) is 0 Å². The van der Waals surface area contributed by atoms with Crippen LogP contribution >= 0.6 is 77.0 Å². The van der Waals surface area contributed by atoms with Gasteiger partial charge in [-0.3, -0.25) is 0 Å².